The maximum atomic E-state index is 12.1. The second kappa shape index (κ2) is 7.01. The molecule has 4 nitrogen and oxygen atoms in total. The van der Waals surface area contributed by atoms with Gasteiger partial charge < -0.3 is 15.4 Å². The Hall–Kier alpha value is -1.55. The molecule has 18 heavy (non-hydrogen) atoms. The molecule has 1 aromatic carbocycles. The Balaban J connectivity index is 2.68. The molecule has 0 aliphatic heterocycles. The Morgan fingerprint density at radius 2 is 2.22 bits per heavy atom. The molecule has 0 radical (unpaired) electrons. The third-order valence-electron chi connectivity index (χ3n) is 2.97. The van der Waals surface area contributed by atoms with E-state index in [1.807, 2.05) is 38.1 Å². The van der Waals surface area contributed by atoms with Crippen molar-refractivity contribution in [3.8, 4) is 0 Å². The molecule has 1 unspecified atom stereocenters. The topological polar surface area (TPSA) is 55.6 Å². The quantitative estimate of drug-likeness (QED) is 0.789. The number of amides is 1. The monoisotopic (exact) mass is 250 g/mol. The summed E-state index contributed by atoms with van der Waals surface area (Å²) in [6, 6.07) is 7.39. The van der Waals surface area contributed by atoms with Crippen molar-refractivity contribution in [2.45, 2.75) is 32.8 Å². The van der Waals surface area contributed by atoms with Crippen LogP contribution in [-0.4, -0.2) is 25.7 Å². The van der Waals surface area contributed by atoms with Crippen LogP contribution in [0.4, 0.5) is 11.4 Å². The molecule has 0 saturated carbocycles. The van der Waals surface area contributed by atoms with E-state index in [1.165, 1.54) is 0 Å². The number of carbonyl (C=O) groups is 1. The van der Waals surface area contributed by atoms with Crippen molar-refractivity contribution in [3.05, 3.63) is 24.3 Å². The molecule has 0 spiro atoms. The zero-order valence-corrected chi connectivity index (χ0v) is 11.3. The smallest absolute Gasteiger partial charge is 0.227 e. The first kappa shape index (κ1) is 14.5. The highest BCUT2D eigenvalue weighted by Gasteiger charge is 2.14. The van der Waals surface area contributed by atoms with E-state index < -0.39 is 0 Å². The van der Waals surface area contributed by atoms with E-state index in [4.69, 9.17) is 10.5 Å². The van der Waals surface area contributed by atoms with Gasteiger partial charge in [0.05, 0.1) is 6.10 Å². The third-order valence-corrected chi connectivity index (χ3v) is 2.97. The van der Waals surface area contributed by atoms with Gasteiger partial charge in [-0.2, -0.15) is 0 Å². The third kappa shape index (κ3) is 4.04. The minimum atomic E-state index is 0.104. The van der Waals surface area contributed by atoms with Crippen molar-refractivity contribution < 1.29 is 9.53 Å². The molecule has 0 fully saturated rings. The fourth-order valence-corrected chi connectivity index (χ4v) is 1.78. The number of hydrogen-bond acceptors (Lipinski definition) is 3. The highest BCUT2D eigenvalue weighted by atomic mass is 16.5. The average molecular weight is 250 g/mol. The number of anilines is 2. The molecule has 1 amide bonds. The molecular formula is C14H22N2O2. The van der Waals surface area contributed by atoms with Crippen LogP contribution in [0.1, 0.15) is 26.7 Å². The summed E-state index contributed by atoms with van der Waals surface area (Å²) in [5, 5.41) is 0. The van der Waals surface area contributed by atoms with E-state index >= 15 is 0 Å². The standard InChI is InChI=1S/C14H22N2O2/c1-4-16(13-7-5-6-12(15)10-13)14(17)9-8-11(2)18-3/h5-7,10-11H,4,8-9,15H2,1-3H3. The fraction of sp³-hybridized carbons (Fsp3) is 0.500. The molecular weight excluding hydrogens is 228 g/mol. The summed E-state index contributed by atoms with van der Waals surface area (Å²) in [7, 11) is 1.66. The Labute approximate surface area is 109 Å². The maximum absolute atomic E-state index is 12.1. The maximum Gasteiger partial charge on any atom is 0.227 e. The molecule has 0 heterocycles. The second-order valence-corrected chi connectivity index (χ2v) is 4.32. The van der Waals surface area contributed by atoms with E-state index in [-0.39, 0.29) is 12.0 Å². The number of rotatable bonds is 6. The first-order chi connectivity index (χ1) is 8.58. The van der Waals surface area contributed by atoms with Gasteiger partial charge in [0.1, 0.15) is 0 Å². The predicted octanol–water partition coefficient (Wildman–Crippen LogP) is 2.44. The van der Waals surface area contributed by atoms with Gasteiger partial charge in [-0.05, 0) is 38.5 Å². The van der Waals surface area contributed by atoms with Crippen LogP contribution in [-0.2, 0) is 9.53 Å². The summed E-state index contributed by atoms with van der Waals surface area (Å²) in [6.07, 6.45) is 1.32. The van der Waals surface area contributed by atoms with E-state index in [1.54, 1.807) is 12.0 Å². The van der Waals surface area contributed by atoms with Crippen molar-refractivity contribution in [3.63, 3.8) is 0 Å². The van der Waals surface area contributed by atoms with Crippen LogP contribution >= 0.6 is 0 Å². The minimum Gasteiger partial charge on any atom is -0.399 e. The van der Waals surface area contributed by atoms with Gasteiger partial charge in [-0.1, -0.05) is 6.07 Å². The number of benzene rings is 1. The second-order valence-electron chi connectivity index (χ2n) is 4.32. The van der Waals surface area contributed by atoms with Gasteiger partial charge in [0.2, 0.25) is 5.91 Å². The first-order valence-corrected chi connectivity index (χ1v) is 6.27. The van der Waals surface area contributed by atoms with Crippen LogP contribution in [0.3, 0.4) is 0 Å². The van der Waals surface area contributed by atoms with Gasteiger partial charge in [0, 0.05) is 31.5 Å². The van der Waals surface area contributed by atoms with Crippen LogP contribution in [0.5, 0.6) is 0 Å². The Bertz CT molecular complexity index is 393. The predicted molar refractivity (Wildman–Crippen MR) is 74.6 cm³/mol. The number of nitrogen functional groups attached to an aromatic ring is 1. The van der Waals surface area contributed by atoms with Gasteiger partial charge in [-0.3, -0.25) is 4.79 Å². The van der Waals surface area contributed by atoms with Crippen molar-refractivity contribution in [1.29, 1.82) is 0 Å². The largest absolute Gasteiger partial charge is 0.399 e. The zero-order chi connectivity index (χ0) is 13.5. The average Bonchev–Trinajstić information content (AvgIpc) is 2.37. The van der Waals surface area contributed by atoms with Crippen molar-refractivity contribution in [2.75, 3.05) is 24.3 Å². The summed E-state index contributed by atoms with van der Waals surface area (Å²) in [5.41, 5.74) is 7.26. The molecule has 0 aliphatic carbocycles. The SMILES string of the molecule is CCN(C(=O)CCC(C)OC)c1cccc(N)c1. The van der Waals surface area contributed by atoms with Crippen LogP contribution in [0, 0.1) is 0 Å². The molecule has 0 aliphatic rings. The normalized spacial score (nSPS) is 12.2. The lowest BCUT2D eigenvalue weighted by Crippen LogP contribution is -2.31. The van der Waals surface area contributed by atoms with Crippen LogP contribution in [0.25, 0.3) is 0 Å². The molecule has 0 bridgehead atoms. The fourth-order valence-electron chi connectivity index (χ4n) is 1.78. The molecule has 0 aromatic heterocycles. The van der Waals surface area contributed by atoms with Crippen LogP contribution < -0.4 is 10.6 Å². The summed E-state index contributed by atoms with van der Waals surface area (Å²) in [5.74, 6) is 0.104. The van der Waals surface area contributed by atoms with Gasteiger partial charge in [-0.15, -0.1) is 0 Å². The molecule has 4 heteroatoms. The number of hydrogen-bond donors (Lipinski definition) is 1. The van der Waals surface area contributed by atoms with E-state index in [2.05, 4.69) is 0 Å². The number of nitrogens with two attached hydrogens (primary N) is 1. The molecule has 1 rings (SSSR count). The molecule has 1 atom stereocenters. The zero-order valence-electron chi connectivity index (χ0n) is 11.3. The summed E-state index contributed by atoms with van der Waals surface area (Å²) < 4.78 is 5.15. The number of methoxy groups -OCH3 is 1. The highest BCUT2D eigenvalue weighted by molar-refractivity contribution is 5.93. The first-order valence-electron chi connectivity index (χ1n) is 6.27. The van der Waals surface area contributed by atoms with E-state index in [0.717, 1.165) is 12.1 Å². The molecule has 2 N–H and O–H groups in total. The van der Waals surface area contributed by atoms with E-state index in [0.29, 0.717) is 18.7 Å². The van der Waals surface area contributed by atoms with Gasteiger partial charge >= 0.3 is 0 Å². The molecule has 1 aromatic rings. The van der Waals surface area contributed by atoms with Crippen LogP contribution in [0.15, 0.2) is 24.3 Å². The van der Waals surface area contributed by atoms with Crippen molar-refractivity contribution in [1.82, 2.24) is 0 Å². The molecule has 100 valence electrons. The summed E-state index contributed by atoms with van der Waals surface area (Å²) in [6.45, 7) is 4.56. The number of ether oxygens (including phenoxy) is 1. The van der Waals surface area contributed by atoms with Crippen molar-refractivity contribution >= 4 is 17.3 Å². The van der Waals surface area contributed by atoms with Crippen molar-refractivity contribution in [2.24, 2.45) is 0 Å². The lowest BCUT2D eigenvalue weighted by Gasteiger charge is -2.22. The lowest BCUT2D eigenvalue weighted by atomic mass is 10.2. The number of nitrogens with zero attached hydrogens (tertiary/aromatic N) is 1. The Morgan fingerprint density at radius 3 is 2.78 bits per heavy atom. The van der Waals surface area contributed by atoms with Gasteiger partial charge in [-0.25, -0.2) is 0 Å². The lowest BCUT2D eigenvalue weighted by molar-refractivity contribution is -0.119. The minimum absolute atomic E-state index is 0.104. The summed E-state index contributed by atoms with van der Waals surface area (Å²) >= 11 is 0. The Morgan fingerprint density at radius 1 is 1.50 bits per heavy atom. The Kier molecular flexibility index (Phi) is 5.65. The van der Waals surface area contributed by atoms with Gasteiger partial charge in [0.15, 0.2) is 0 Å². The highest BCUT2D eigenvalue weighted by Crippen LogP contribution is 2.19. The number of carbonyl (C=O) groups excluding carboxylic acids is 1. The summed E-state index contributed by atoms with van der Waals surface area (Å²) in [4.78, 5) is 13.9. The van der Waals surface area contributed by atoms with Crippen LogP contribution in [0.2, 0.25) is 0 Å². The molecule has 0 saturated heterocycles. The van der Waals surface area contributed by atoms with Gasteiger partial charge in [0.25, 0.3) is 0 Å². The van der Waals surface area contributed by atoms with E-state index in [9.17, 15) is 4.79 Å².